The van der Waals surface area contributed by atoms with Crippen molar-refractivity contribution in [2.24, 2.45) is 0 Å². The summed E-state index contributed by atoms with van der Waals surface area (Å²) in [6.45, 7) is 10.4. The summed E-state index contributed by atoms with van der Waals surface area (Å²) in [6, 6.07) is 0.471. The number of aryl methyl sites for hydroxylation is 2. The molecule has 2 aromatic rings. The van der Waals surface area contributed by atoms with Gasteiger partial charge in [0.25, 0.3) is 0 Å². The predicted octanol–water partition coefficient (Wildman–Crippen LogP) is 2.45. The van der Waals surface area contributed by atoms with Crippen molar-refractivity contribution in [3.8, 4) is 0 Å². The Morgan fingerprint density at radius 2 is 2.24 bits per heavy atom. The van der Waals surface area contributed by atoms with Gasteiger partial charge in [0.2, 0.25) is 0 Å². The molecule has 1 unspecified atom stereocenters. The molecule has 0 saturated carbocycles. The summed E-state index contributed by atoms with van der Waals surface area (Å²) in [7, 11) is 0. The Bertz CT molecular complexity index is 622. The molecule has 21 heavy (non-hydrogen) atoms. The molecule has 3 rings (SSSR count). The smallest absolute Gasteiger partial charge is 0.147 e. The number of nitrogens with one attached hydrogen (secondary N) is 1. The van der Waals surface area contributed by atoms with Crippen LogP contribution in [0.5, 0.6) is 0 Å². The zero-order chi connectivity index (χ0) is 15.0. The molecule has 1 aliphatic rings. The third kappa shape index (κ3) is 3.32. The van der Waals surface area contributed by atoms with E-state index in [2.05, 4.69) is 41.2 Å². The van der Waals surface area contributed by atoms with Gasteiger partial charge >= 0.3 is 0 Å². The van der Waals surface area contributed by atoms with E-state index in [-0.39, 0.29) is 5.41 Å². The molecule has 1 atom stereocenters. The van der Waals surface area contributed by atoms with Crippen LogP contribution in [0.15, 0.2) is 6.20 Å². The Kier molecular flexibility index (Phi) is 3.84. The maximum Gasteiger partial charge on any atom is 0.147 e. The summed E-state index contributed by atoms with van der Waals surface area (Å²) < 4.78 is 2.05. The van der Waals surface area contributed by atoms with Crippen LogP contribution in [0.3, 0.4) is 0 Å². The van der Waals surface area contributed by atoms with E-state index in [1.54, 1.807) is 0 Å². The fourth-order valence-electron chi connectivity index (χ4n) is 2.58. The van der Waals surface area contributed by atoms with Crippen LogP contribution in [0.1, 0.15) is 48.7 Å². The lowest BCUT2D eigenvalue weighted by atomic mass is 9.98. The Morgan fingerprint density at radius 1 is 1.43 bits per heavy atom. The maximum absolute atomic E-state index is 4.54. The first kappa shape index (κ1) is 14.7. The summed E-state index contributed by atoms with van der Waals surface area (Å²) in [5.41, 5.74) is 0.140. The minimum Gasteiger partial charge on any atom is -0.307 e. The molecule has 0 fully saturated rings. The van der Waals surface area contributed by atoms with Gasteiger partial charge in [0.05, 0.1) is 11.6 Å². The van der Waals surface area contributed by atoms with Gasteiger partial charge in [-0.2, -0.15) is 5.10 Å². The molecule has 1 N–H and O–H groups in total. The minimum absolute atomic E-state index is 0.140. The van der Waals surface area contributed by atoms with Crippen molar-refractivity contribution in [1.29, 1.82) is 0 Å². The van der Waals surface area contributed by atoms with E-state index in [0.717, 1.165) is 37.6 Å². The fourth-order valence-corrected chi connectivity index (χ4v) is 3.50. The van der Waals surface area contributed by atoms with Crippen molar-refractivity contribution in [3.63, 3.8) is 0 Å². The largest absolute Gasteiger partial charge is 0.307 e. The first-order valence-electron chi connectivity index (χ1n) is 7.51. The number of aromatic nitrogens is 4. The predicted molar refractivity (Wildman–Crippen MR) is 84.5 cm³/mol. The first-order valence-corrected chi connectivity index (χ1v) is 8.32. The van der Waals surface area contributed by atoms with Crippen molar-refractivity contribution < 1.29 is 0 Å². The second kappa shape index (κ2) is 5.50. The van der Waals surface area contributed by atoms with Gasteiger partial charge in [0.1, 0.15) is 11.6 Å². The van der Waals surface area contributed by atoms with Crippen LogP contribution in [0.2, 0.25) is 0 Å². The number of hydrogen-bond donors (Lipinski definition) is 1. The molecule has 0 saturated heterocycles. The zero-order valence-electron chi connectivity index (χ0n) is 13.2. The summed E-state index contributed by atoms with van der Waals surface area (Å²) in [5.74, 6) is 2.00. The lowest BCUT2D eigenvalue weighted by Crippen LogP contribution is -2.37. The highest BCUT2D eigenvalue weighted by molar-refractivity contribution is 7.11. The molecular weight excluding hydrogens is 282 g/mol. The summed E-state index contributed by atoms with van der Waals surface area (Å²) >= 11 is 1.81. The Labute approximate surface area is 129 Å². The van der Waals surface area contributed by atoms with E-state index >= 15 is 0 Å². The van der Waals surface area contributed by atoms with Crippen molar-refractivity contribution >= 4 is 11.3 Å². The molecule has 0 amide bonds. The van der Waals surface area contributed by atoms with Crippen LogP contribution in [0.25, 0.3) is 0 Å². The Balaban J connectivity index is 1.58. The molecule has 1 aliphatic heterocycles. The lowest BCUT2D eigenvalue weighted by molar-refractivity contribution is 0.358. The molecule has 114 valence electrons. The average Bonchev–Trinajstić information content (AvgIpc) is 3.00. The van der Waals surface area contributed by atoms with E-state index in [9.17, 15) is 0 Å². The highest BCUT2D eigenvalue weighted by Gasteiger charge is 2.21. The quantitative estimate of drug-likeness (QED) is 0.946. The van der Waals surface area contributed by atoms with Gasteiger partial charge < -0.3 is 5.32 Å². The average molecular weight is 305 g/mol. The summed E-state index contributed by atoms with van der Waals surface area (Å²) in [4.78, 5) is 10.3. The number of rotatable bonds is 3. The van der Waals surface area contributed by atoms with Crippen LogP contribution < -0.4 is 5.32 Å². The van der Waals surface area contributed by atoms with Gasteiger partial charge in [0.15, 0.2) is 0 Å². The Hall–Kier alpha value is -1.27. The van der Waals surface area contributed by atoms with E-state index in [1.807, 2.05) is 29.1 Å². The van der Waals surface area contributed by atoms with Gasteiger partial charge in [0, 0.05) is 35.5 Å². The molecule has 3 heterocycles. The summed E-state index contributed by atoms with van der Waals surface area (Å²) in [5, 5.41) is 9.29. The third-order valence-corrected chi connectivity index (χ3v) is 5.15. The summed E-state index contributed by atoms with van der Waals surface area (Å²) in [6.07, 6.45) is 4.14. The van der Waals surface area contributed by atoms with Gasteiger partial charge in [-0.05, 0) is 13.3 Å². The van der Waals surface area contributed by atoms with Gasteiger partial charge in [-0.15, -0.1) is 11.3 Å². The van der Waals surface area contributed by atoms with E-state index < -0.39 is 0 Å². The lowest BCUT2D eigenvalue weighted by Gasteiger charge is -2.23. The number of fused-ring (bicyclic) bond motifs is 1. The fraction of sp³-hybridized carbons (Fsp3) is 0.667. The highest BCUT2D eigenvalue weighted by atomic mass is 32.1. The van der Waals surface area contributed by atoms with Crippen LogP contribution in [0, 0.1) is 6.92 Å². The van der Waals surface area contributed by atoms with Crippen LogP contribution in [-0.2, 0) is 24.9 Å². The van der Waals surface area contributed by atoms with E-state index in [0.29, 0.717) is 6.04 Å². The maximum atomic E-state index is 4.54. The minimum atomic E-state index is 0.140. The molecule has 2 aromatic heterocycles. The first-order chi connectivity index (χ1) is 9.91. The van der Waals surface area contributed by atoms with Gasteiger partial charge in [-0.1, -0.05) is 20.8 Å². The molecule has 0 aliphatic carbocycles. The topological polar surface area (TPSA) is 55.6 Å². The van der Waals surface area contributed by atoms with E-state index in [1.165, 1.54) is 9.88 Å². The van der Waals surface area contributed by atoms with Crippen LogP contribution in [-0.4, -0.2) is 25.8 Å². The Morgan fingerprint density at radius 3 is 2.95 bits per heavy atom. The van der Waals surface area contributed by atoms with Gasteiger partial charge in [-0.3, -0.25) is 0 Å². The number of thiazole rings is 1. The molecular formula is C15H23N5S. The van der Waals surface area contributed by atoms with Crippen molar-refractivity contribution in [1.82, 2.24) is 25.1 Å². The number of hydrogen-bond acceptors (Lipinski definition) is 5. The molecule has 0 spiro atoms. The van der Waals surface area contributed by atoms with Crippen LogP contribution in [0.4, 0.5) is 0 Å². The van der Waals surface area contributed by atoms with Crippen molar-refractivity contribution in [2.75, 3.05) is 0 Å². The highest BCUT2D eigenvalue weighted by Crippen LogP contribution is 2.26. The molecule has 0 bridgehead atoms. The van der Waals surface area contributed by atoms with E-state index in [4.69, 9.17) is 0 Å². The molecule has 6 heteroatoms. The number of nitrogens with zero attached hydrogens (tertiary/aromatic N) is 4. The second-order valence-electron chi connectivity index (χ2n) is 6.76. The molecule has 0 radical (unpaired) electrons. The van der Waals surface area contributed by atoms with Crippen molar-refractivity contribution in [3.05, 3.63) is 27.7 Å². The monoisotopic (exact) mass is 305 g/mol. The normalized spacial score (nSPS) is 18.8. The zero-order valence-corrected chi connectivity index (χ0v) is 14.0. The molecule has 0 aromatic carbocycles. The second-order valence-corrected chi connectivity index (χ2v) is 7.87. The van der Waals surface area contributed by atoms with Crippen molar-refractivity contribution in [2.45, 2.75) is 65.1 Å². The van der Waals surface area contributed by atoms with Gasteiger partial charge in [-0.25, -0.2) is 14.6 Å². The third-order valence-electron chi connectivity index (χ3n) is 3.72. The van der Waals surface area contributed by atoms with Crippen LogP contribution >= 0.6 is 11.3 Å². The standard InChI is InChI=1S/C15H23N5S/c1-10-18-13-6-5-11(9-20(13)19-10)16-7-12-8-17-14(21-12)15(2,3)4/h8,11,16H,5-7,9H2,1-4H3. The SMILES string of the molecule is Cc1nc2n(n1)CC(NCc1cnc(C(C)(C)C)s1)CC2. The molecule has 5 nitrogen and oxygen atoms in total.